The van der Waals surface area contributed by atoms with Crippen LogP contribution >= 0.6 is 11.3 Å². The molecular formula is C17H24N2OS. The summed E-state index contributed by atoms with van der Waals surface area (Å²) in [6, 6.07) is 10.8. The SMILES string of the molecule is CCOC(CC)c1nc(CC(NC)c2ccccc2)cs1. The largest absolute Gasteiger partial charge is 0.371 e. The number of benzene rings is 1. The van der Waals surface area contributed by atoms with Crippen LogP contribution in [0.15, 0.2) is 35.7 Å². The monoisotopic (exact) mass is 304 g/mol. The predicted octanol–water partition coefficient (Wildman–Crippen LogP) is 4.13. The average molecular weight is 304 g/mol. The van der Waals surface area contributed by atoms with Crippen LogP contribution in [0.25, 0.3) is 0 Å². The molecule has 0 aliphatic rings. The number of hydrogen-bond donors (Lipinski definition) is 1. The molecule has 2 unspecified atom stereocenters. The van der Waals surface area contributed by atoms with Crippen molar-refractivity contribution in [1.29, 1.82) is 0 Å². The van der Waals surface area contributed by atoms with Gasteiger partial charge in [0, 0.05) is 24.4 Å². The summed E-state index contributed by atoms with van der Waals surface area (Å²) < 4.78 is 5.74. The number of hydrogen-bond acceptors (Lipinski definition) is 4. The molecule has 0 amide bonds. The number of nitrogens with one attached hydrogen (secondary N) is 1. The third-order valence-electron chi connectivity index (χ3n) is 3.55. The second kappa shape index (κ2) is 8.27. The third kappa shape index (κ3) is 4.37. The first-order valence-electron chi connectivity index (χ1n) is 7.56. The zero-order chi connectivity index (χ0) is 15.1. The Labute approximate surface area is 131 Å². The lowest BCUT2D eigenvalue weighted by molar-refractivity contribution is 0.0595. The predicted molar refractivity (Wildman–Crippen MR) is 88.7 cm³/mol. The Balaban J connectivity index is 2.07. The van der Waals surface area contributed by atoms with Crippen LogP contribution in [0.5, 0.6) is 0 Å². The maximum Gasteiger partial charge on any atom is 0.122 e. The van der Waals surface area contributed by atoms with E-state index in [9.17, 15) is 0 Å². The van der Waals surface area contributed by atoms with Gasteiger partial charge < -0.3 is 10.1 Å². The van der Waals surface area contributed by atoms with Gasteiger partial charge in [0.05, 0.1) is 5.69 Å². The molecule has 1 aromatic heterocycles. The summed E-state index contributed by atoms with van der Waals surface area (Å²) >= 11 is 1.71. The Morgan fingerprint density at radius 3 is 2.62 bits per heavy atom. The Hall–Kier alpha value is -1.23. The molecule has 0 radical (unpaired) electrons. The van der Waals surface area contributed by atoms with Crippen LogP contribution in [0.4, 0.5) is 0 Å². The molecule has 21 heavy (non-hydrogen) atoms. The second-order valence-corrected chi connectivity index (χ2v) is 5.88. The van der Waals surface area contributed by atoms with Gasteiger partial charge in [-0.3, -0.25) is 0 Å². The highest BCUT2D eigenvalue weighted by atomic mass is 32.1. The lowest BCUT2D eigenvalue weighted by Crippen LogP contribution is -2.19. The molecule has 0 spiro atoms. The summed E-state index contributed by atoms with van der Waals surface area (Å²) in [5, 5.41) is 6.63. The summed E-state index contributed by atoms with van der Waals surface area (Å²) in [7, 11) is 2.00. The zero-order valence-corrected chi connectivity index (χ0v) is 13.8. The fraction of sp³-hybridized carbons (Fsp3) is 0.471. The van der Waals surface area contributed by atoms with Crippen molar-refractivity contribution in [2.24, 2.45) is 0 Å². The summed E-state index contributed by atoms with van der Waals surface area (Å²) in [6.07, 6.45) is 2.01. The van der Waals surface area contributed by atoms with E-state index in [-0.39, 0.29) is 6.10 Å². The molecule has 0 saturated carbocycles. The lowest BCUT2D eigenvalue weighted by atomic mass is 10.0. The molecule has 1 aromatic carbocycles. The molecule has 114 valence electrons. The van der Waals surface area contributed by atoms with Crippen molar-refractivity contribution in [3.05, 3.63) is 52.0 Å². The molecule has 0 bridgehead atoms. The molecule has 1 heterocycles. The van der Waals surface area contributed by atoms with E-state index in [1.54, 1.807) is 11.3 Å². The highest BCUT2D eigenvalue weighted by molar-refractivity contribution is 7.09. The van der Waals surface area contributed by atoms with Crippen molar-refractivity contribution in [2.45, 2.75) is 38.8 Å². The van der Waals surface area contributed by atoms with Crippen molar-refractivity contribution < 1.29 is 4.74 Å². The van der Waals surface area contributed by atoms with Gasteiger partial charge in [-0.2, -0.15) is 0 Å². The zero-order valence-electron chi connectivity index (χ0n) is 13.0. The first-order chi connectivity index (χ1) is 10.3. The first kappa shape index (κ1) is 16.1. The summed E-state index contributed by atoms with van der Waals surface area (Å²) in [5.74, 6) is 0. The van der Waals surface area contributed by atoms with Crippen LogP contribution in [0, 0.1) is 0 Å². The van der Waals surface area contributed by atoms with E-state index in [2.05, 4.69) is 41.9 Å². The molecule has 3 nitrogen and oxygen atoms in total. The average Bonchev–Trinajstić information content (AvgIpc) is 2.99. The molecular weight excluding hydrogens is 280 g/mol. The Bertz CT molecular complexity index is 527. The van der Waals surface area contributed by atoms with Gasteiger partial charge in [0.1, 0.15) is 11.1 Å². The van der Waals surface area contributed by atoms with E-state index in [1.807, 2.05) is 20.0 Å². The number of nitrogens with zero attached hydrogens (tertiary/aromatic N) is 1. The topological polar surface area (TPSA) is 34.1 Å². The van der Waals surface area contributed by atoms with Crippen LogP contribution in [-0.2, 0) is 11.2 Å². The molecule has 1 N–H and O–H groups in total. The molecule has 0 aliphatic carbocycles. The number of rotatable bonds is 8. The van der Waals surface area contributed by atoms with Crippen LogP contribution in [0.1, 0.15) is 48.7 Å². The van der Waals surface area contributed by atoms with Gasteiger partial charge in [0.2, 0.25) is 0 Å². The van der Waals surface area contributed by atoms with E-state index >= 15 is 0 Å². The lowest BCUT2D eigenvalue weighted by Gasteiger charge is -2.15. The third-order valence-corrected chi connectivity index (χ3v) is 4.53. The number of aromatic nitrogens is 1. The molecule has 2 rings (SSSR count). The summed E-state index contributed by atoms with van der Waals surface area (Å²) in [5.41, 5.74) is 2.43. The Kier molecular flexibility index (Phi) is 6.36. The van der Waals surface area contributed by atoms with Crippen molar-refractivity contribution >= 4 is 11.3 Å². The molecule has 2 aromatic rings. The van der Waals surface area contributed by atoms with Crippen molar-refractivity contribution in [2.75, 3.05) is 13.7 Å². The molecule has 0 fully saturated rings. The van der Waals surface area contributed by atoms with Gasteiger partial charge >= 0.3 is 0 Å². The minimum Gasteiger partial charge on any atom is -0.371 e. The normalized spacial score (nSPS) is 14.0. The molecule has 0 aliphatic heterocycles. The minimum atomic E-state index is 0.138. The van der Waals surface area contributed by atoms with Gasteiger partial charge in [-0.15, -0.1) is 11.3 Å². The van der Waals surface area contributed by atoms with E-state index in [4.69, 9.17) is 9.72 Å². The summed E-state index contributed by atoms with van der Waals surface area (Å²) in [4.78, 5) is 4.77. The standard InChI is InChI=1S/C17H24N2OS/c1-4-16(20-5-2)17-19-14(12-21-17)11-15(18-3)13-9-7-6-8-10-13/h6-10,12,15-16,18H,4-5,11H2,1-3H3. The van der Waals surface area contributed by atoms with Gasteiger partial charge in [-0.25, -0.2) is 4.98 Å². The second-order valence-electron chi connectivity index (χ2n) is 4.99. The Morgan fingerprint density at radius 1 is 1.24 bits per heavy atom. The van der Waals surface area contributed by atoms with Crippen molar-refractivity contribution in [1.82, 2.24) is 10.3 Å². The van der Waals surface area contributed by atoms with E-state index < -0.39 is 0 Å². The fourth-order valence-electron chi connectivity index (χ4n) is 2.41. The van der Waals surface area contributed by atoms with Crippen molar-refractivity contribution in [3.63, 3.8) is 0 Å². The first-order valence-corrected chi connectivity index (χ1v) is 8.44. The quantitative estimate of drug-likeness (QED) is 0.796. The minimum absolute atomic E-state index is 0.138. The maximum absolute atomic E-state index is 5.74. The van der Waals surface area contributed by atoms with Gasteiger partial charge in [-0.1, -0.05) is 37.3 Å². The highest BCUT2D eigenvalue weighted by Crippen LogP contribution is 2.26. The van der Waals surface area contributed by atoms with Crippen LogP contribution in [0.3, 0.4) is 0 Å². The van der Waals surface area contributed by atoms with Crippen molar-refractivity contribution in [3.8, 4) is 0 Å². The Morgan fingerprint density at radius 2 is 2.00 bits per heavy atom. The van der Waals surface area contributed by atoms with Crippen LogP contribution in [0.2, 0.25) is 0 Å². The van der Waals surface area contributed by atoms with E-state index in [1.165, 1.54) is 5.56 Å². The van der Waals surface area contributed by atoms with E-state index in [0.717, 1.165) is 30.2 Å². The van der Waals surface area contributed by atoms with Crippen LogP contribution in [-0.4, -0.2) is 18.6 Å². The maximum atomic E-state index is 5.74. The van der Waals surface area contributed by atoms with Gasteiger partial charge in [0.25, 0.3) is 0 Å². The van der Waals surface area contributed by atoms with Crippen LogP contribution < -0.4 is 5.32 Å². The van der Waals surface area contributed by atoms with E-state index in [0.29, 0.717) is 6.04 Å². The number of ether oxygens (including phenoxy) is 1. The number of thiazole rings is 1. The fourth-order valence-corrected chi connectivity index (χ4v) is 3.37. The van der Waals surface area contributed by atoms with Gasteiger partial charge in [-0.05, 0) is 26.0 Å². The smallest absolute Gasteiger partial charge is 0.122 e. The molecule has 2 atom stereocenters. The molecule has 4 heteroatoms. The van der Waals surface area contributed by atoms with Gasteiger partial charge in [0.15, 0.2) is 0 Å². The number of likely N-dealkylation sites (N-methyl/N-ethyl adjacent to an activating group) is 1. The highest BCUT2D eigenvalue weighted by Gasteiger charge is 2.16. The molecule has 0 saturated heterocycles. The summed E-state index contributed by atoms with van der Waals surface area (Å²) in [6.45, 7) is 4.90.